The average molecular weight is 331 g/mol. The fraction of sp³-hybridized carbons (Fsp3) is 0.600. The van der Waals surface area contributed by atoms with Crippen LogP contribution in [0.15, 0.2) is 18.2 Å². The van der Waals surface area contributed by atoms with Gasteiger partial charge in [0.05, 0.1) is 5.69 Å². The Bertz CT molecular complexity index is 582. The van der Waals surface area contributed by atoms with Crippen molar-refractivity contribution in [2.75, 3.05) is 11.4 Å². The van der Waals surface area contributed by atoms with E-state index in [4.69, 9.17) is 4.74 Å². The largest absolute Gasteiger partial charge is 0.479 e. The lowest BCUT2D eigenvalue weighted by molar-refractivity contribution is -0.125. The van der Waals surface area contributed by atoms with Crippen LogP contribution in [-0.4, -0.2) is 24.3 Å². The standard InChI is InChI=1S/C20H29NO3/c1-4-5-6-7-8-9-10-13-21-18-14-17(15(2)22)11-12-19(18)24-16(3)20(21)23/h11-12,14,16H,4-10,13H2,1-3H3. The SMILES string of the molecule is CCCCCCCCCN1C(=O)C(C)Oc2ccc(C(C)=O)cc21. The van der Waals surface area contributed by atoms with E-state index in [9.17, 15) is 9.59 Å². The molecule has 1 aromatic carbocycles. The molecule has 1 atom stereocenters. The monoisotopic (exact) mass is 331 g/mol. The second kappa shape index (κ2) is 8.86. The van der Waals surface area contributed by atoms with Gasteiger partial charge in [-0.15, -0.1) is 0 Å². The molecule has 0 spiro atoms. The van der Waals surface area contributed by atoms with Crippen LogP contribution in [0.2, 0.25) is 0 Å². The van der Waals surface area contributed by atoms with Gasteiger partial charge in [0.1, 0.15) is 5.75 Å². The summed E-state index contributed by atoms with van der Waals surface area (Å²) < 4.78 is 5.68. The molecule has 1 heterocycles. The Morgan fingerprint density at radius 1 is 1.12 bits per heavy atom. The molecule has 0 saturated carbocycles. The third-order valence-electron chi connectivity index (χ3n) is 4.56. The zero-order chi connectivity index (χ0) is 17.5. The Balaban J connectivity index is 1.99. The van der Waals surface area contributed by atoms with E-state index >= 15 is 0 Å². The molecule has 1 amide bonds. The molecule has 0 aromatic heterocycles. The minimum absolute atomic E-state index is 0.000236. The summed E-state index contributed by atoms with van der Waals surface area (Å²) in [6, 6.07) is 5.34. The third kappa shape index (κ3) is 4.59. The number of fused-ring (bicyclic) bond motifs is 1. The molecule has 1 unspecified atom stereocenters. The number of hydrogen-bond acceptors (Lipinski definition) is 3. The Morgan fingerprint density at radius 2 is 1.79 bits per heavy atom. The number of anilines is 1. The highest BCUT2D eigenvalue weighted by atomic mass is 16.5. The molecular weight excluding hydrogens is 302 g/mol. The van der Waals surface area contributed by atoms with Gasteiger partial charge < -0.3 is 9.64 Å². The first kappa shape index (κ1) is 18.5. The highest BCUT2D eigenvalue weighted by molar-refractivity contribution is 6.02. The zero-order valence-corrected chi connectivity index (χ0v) is 15.1. The van der Waals surface area contributed by atoms with Crippen molar-refractivity contribution in [2.45, 2.75) is 71.8 Å². The van der Waals surface area contributed by atoms with E-state index in [0.717, 1.165) is 18.5 Å². The van der Waals surface area contributed by atoms with Crippen LogP contribution in [0.3, 0.4) is 0 Å². The third-order valence-corrected chi connectivity index (χ3v) is 4.56. The maximum absolute atomic E-state index is 12.5. The van der Waals surface area contributed by atoms with Gasteiger partial charge in [0.15, 0.2) is 11.9 Å². The lowest BCUT2D eigenvalue weighted by Crippen LogP contribution is -2.45. The molecule has 0 radical (unpaired) electrons. The molecule has 0 saturated heterocycles. The van der Waals surface area contributed by atoms with Crippen molar-refractivity contribution in [3.63, 3.8) is 0 Å². The fourth-order valence-electron chi connectivity index (χ4n) is 3.08. The van der Waals surface area contributed by atoms with Crippen molar-refractivity contribution < 1.29 is 14.3 Å². The number of nitrogens with zero attached hydrogens (tertiary/aromatic N) is 1. The summed E-state index contributed by atoms with van der Waals surface area (Å²) in [5, 5.41) is 0. The number of hydrogen-bond donors (Lipinski definition) is 0. The van der Waals surface area contributed by atoms with Crippen molar-refractivity contribution >= 4 is 17.4 Å². The fourth-order valence-corrected chi connectivity index (χ4v) is 3.08. The summed E-state index contributed by atoms with van der Waals surface area (Å²) >= 11 is 0. The molecule has 4 heteroatoms. The highest BCUT2D eigenvalue weighted by Gasteiger charge is 2.31. The van der Waals surface area contributed by atoms with Crippen LogP contribution in [0.4, 0.5) is 5.69 Å². The minimum Gasteiger partial charge on any atom is -0.479 e. The van der Waals surface area contributed by atoms with E-state index in [1.54, 1.807) is 30.0 Å². The number of carbonyl (C=O) groups excluding carboxylic acids is 2. The van der Waals surface area contributed by atoms with Gasteiger partial charge in [0.25, 0.3) is 5.91 Å². The van der Waals surface area contributed by atoms with Gasteiger partial charge in [-0.2, -0.15) is 0 Å². The Labute approximate surface area is 145 Å². The van der Waals surface area contributed by atoms with Crippen molar-refractivity contribution in [3.05, 3.63) is 23.8 Å². The number of amides is 1. The Morgan fingerprint density at radius 3 is 2.46 bits per heavy atom. The molecule has 1 aliphatic heterocycles. The van der Waals surface area contributed by atoms with Crippen molar-refractivity contribution in [1.82, 2.24) is 0 Å². The number of benzene rings is 1. The van der Waals surface area contributed by atoms with Gasteiger partial charge in [0.2, 0.25) is 0 Å². The van der Waals surface area contributed by atoms with Crippen LogP contribution in [0.25, 0.3) is 0 Å². The topological polar surface area (TPSA) is 46.6 Å². The maximum atomic E-state index is 12.5. The molecule has 132 valence electrons. The molecule has 0 bridgehead atoms. The Hall–Kier alpha value is -1.84. The minimum atomic E-state index is -0.467. The average Bonchev–Trinajstić information content (AvgIpc) is 2.56. The Kier molecular flexibility index (Phi) is 6.83. The first-order valence-electron chi connectivity index (χ1n) is 9.17. The van der Waals surface area contributed by atoms with Crippen molar-refractivity contribution in [2.24, 2.45) is 0 Å². The maximum Gasteiger partial charge on any atom is 0.267 e. The molecule has 0 aliphatic carbocycles. The first-order valence-corrected chi connectivity index (χ1v) is 9.17. The summed E-state index contributed by atoms with van der Waals surface area (Å²) in [5.41, 5.74) is 1.35. The van der Waals surface area contributed by atoms with Crippen LogP contribution in [0.1, 0.15) is 76.1 Å². The molecular formula is C20H29NO3. The van der Waals surface area contributed by atoms with E-state index in [0.29, 0.717) is 17.9 Å². The van der Waals surface area contributed by atoms with E-state index in [-0.39, 0.29) is 11.7 Å². The van der Waals surface area contributed by atoms with E-state index in [1.807, 2.05) is 0 Å². The molecule has 4 nitrogen and oxygen atoms in total. The predicted molar refractivity (Wildman–Crippen MR) is 96.9 cm³/mol. The lowest BCUT2D eigenvalue weighted by atomic mass is 10.1. The number of unbranched alkanes of at least 4 members (excludes halogenated alkanes) is 6. The second-order valence-electron chi connectivity index (χ2n) is 6.61. The van der Waals surface area contributed by atoms with Gasteiger partial charge in [0, 0.05) is 12.1 Å². The molecule has 2 rings (SSSR count). The lowest BCUT2D eigenvalue weighted by Gasteiger charge is -2.33. The van der Waals surface area contributed by atoms with E-state index in [2.05, 4.69) is 6.92 Å². The summed E-state index contributed by atoms with van der Waals surface area (Å²) in [6.45, 7) is 6.23. The molecule has 0 N–H and O–H groups in total. The van der Waals surface area contributed by atoms with Crippen molar-refractivity contribution in [1.29, 1.82) is 0 Å². The van der Waals surface area contributed by atoms with Crippen LogP contribution >= 0.6 is 0 Å². The molecule has 1 aromatic rings. The number of ether oxygens (including phenoxy) is 1. The van der Waals surface area contributed by atoms with Crippen LogP contribution in [-0.2, 0) is 4.79 Å². The molecule has 24 heavy (non-hydrogen) atoms. The first-order chi connectivity index (χ1) is 11.5. The number of Topliss-reactive ketones (excluding diaryl/α,β-unsaturated/α-hetero) is 1. The summed E-state index contributed by atoms with van der Waals surface area (Å²) in [4.78, 5) is 25.9. The van der Waals surface area contributed by atoms with Crippen molar-refractivity contribution in [3.8, 4) is 5.75 Å². The number of rotatable bonds is 9. The van der Waals surface area contributed by atoms with Gasteiger partial charge in [-0.05, 0) is 38.5 Å². The second-order valence-corrected chi connectivity index (χ2v) is 6.61. The van der Waals surface area contributed by atoms with Gasteiger partial charge >= 0.3 is 0 Å². The van der Waals surface area contributed by atoms with Gasteiger partial charge in [-0.25, -0.2) is 0 Å². The van der Waals surface area contributed by atoms with E-state index in [1.165, 1.54) is 39.0 Å². The van der Waals surface area contributed by atoms with Crippen LogP contribution < -0.4 is 9.64 Å². The summed E-state index contributed by atoms with van der Waals surface area (Å²) in [6.07, 6.45) is 8.00. The summed E-state index contributed by atoms with van der Waals surface area (Å²) in [5.74, 6) is 0.670. The quantitative estimate of drug-likeness (QED) is 0.484. The zero-order valence-electron chi connectivity index (χ0n) is 15.1. The highest BCUT2D eigenvalue weighted by Crippen LogP contribution is 2.35. The number of ketones is 1. The summed E-state index contributed by atoms with van der Waals surface area (Å²) in [7, 11) is 0. The molecule has 0 fully saturated rings. The number of carbonyl (C=O) groups is 2. The predicted octanol–water partition coefficient (Wildman–Crippen LogP) is 4.75. The van der Waals surface area contributed by atoms with E-state index < -0.39 is 6.10 Å². The van der Waals surface area contributed by atoms with Gasteiger partial charge in [-0.3, -0.25) is 9.59 Å². The smallest absolute Gasteiger partial charge is 0.267 e. The van der Waals surface area contributed by atoms with Crippen LogP contribution in [0, 0.1) is 0 Å². The molecule has 1 aliphatic rings. The normalized spacial score (nSPS) is 16.7. The van der Waals surface area contributed by atoms with Crippen LogP contribution in [0.5, 0.6) is 5.75 Å². The van der Waals surface area contributed by atoms with Gasteiger partial charge in [-0.1, -0.05) is 45.4 Å².